The van der Waals surface area contributed by atoms with Crippen molar-refractivity contribution in [1.82, 2.24) is 14.2 Å². The van der Waals surface area contributed by atoms with Crippen LogP contribution in [0.25, 0.3) is 0 Å². The highest BCUT2D eigenvalue weighted by Gasteiger charge is 2.35. The number of carbonyl (C=O) groups is 1. The molecular formula is C13H12BrClFN5OS2. The zero-order chi connectivity index (χ0) is 16.4. The van der Waals surface area contributed by atoms with Crippen LogP contribution in [0.3, 0.4) is 0 Å². The van der Waals surface area contributed by atoms with E-state index in [1.165, 1.54) is 17.8 Å². The maximum atomic E-state index is 13.4. The fourth-order valence-corrected chi connectivity index (χ4v) is 3.97. The number of hydrogen-bond donors (Lipinski definition) is 2. The third kappa shape index (κ3) is 3.77. The van der Waals surface area contributed by atoms with Crippen LogP contribution in [0.2, 0.25) is 0 Å². The van der Waals surface area contributed by atoms with Gasteiger partial charge in [0.15, 0.2) is 0 Å². The minimum Gasteiger partial charge on any atom is -0.330 e. The molecule has 0 saturated carbocycles. The SMILES string of the molecule is Cl.NCCSc1nsnc1C1=NNC(=O)C1c1ccc(F)c(Br)c1. The minimum atomic E-state index is -0.645. The molecule has 1 aromatic heterocycles. The predicted molar refractivity (Wildman–Crippen MR) is 98.5 cm³/mol. The molecule has 0 fully saturated rings. The summed E-state index contributed by atoms with van der Waals surface area (Å²) < 4.78 is 22.2. The lowest BCUT2D eigenvalue weighted by Crippen LogP contribution is -2.22. The van der Waals surface area contributed by atoms with Crippen LogP contribution in [0.1, 0.15) is 17.2 Å². The summed E-state index contributed by atoms with van der Waals surface area (Å²) in [6.45, 7) is 0.514. The Morgan fingerprint density at radius 1 is 1.42 bits per heavy atom. The second-order valence-corrected chi connectivity index (χ2v) is 7.10. The number of carbonyl (C=O) groups excluding carboxylic acids is 1. The van der Waals surface area contributed by atoms with Crippen LogP contribution >= 0.6 is 51.8 Å². The van der Waals surface area contributed by atoms with Crippen molar-refractivity contribution in [2.45, 2.75) is 10.9 Å². The van der Waals surface area contributed by atoms with Crippen LogP contribution in [0, 0.1) is 5.82 Å². The molecule has 0 radical (unpaired) electrons. The summed E-state index contributed by atoms with van der Waals surface area (Å²) in [5, 5.41) is 4.80. The highest BCUT2D eigenvalue weighted by Crippen LogP contribution is 2.31. The lowest BCUT2D eigenvalue weighted by atomic mass is 9.93. The number of hydrazone groups is 1. The number of amides is 1. The van der Waals surface area contributed by atoms with E-state index in [1.54, 1.807) is 12.1 Å². The molecule has 6 nitrogen and oxygen atoms in total. The fourth-order valence-electron chi connectivity index (χ4n) is 2.15. The molecule has 1 aliphatic rings. The average molecular weight is 453 g/mol. The van der Waals surface area contributed by atoms with Gasteiger partial charge in [0.25, 0.3) is 5.91 Å². The second-order valence-electron chi connectivity index (χ2n) is 4.63. The predicted octanol–water partition coefficient (Wildman–Crippen LogP) is 2.53. The molecule has 24 heavy (non-hydrogen) atoms. The molecule has 11 heteroatoms. The number of halogens is 3. The summed E-state index contributed by atoms with van der Waals surface area (Å²) in [7, 11) is 0. The Bertz CT molecular complexity index is 787. The van der Waals surface area contributed by atoms with Crippen LogP contribution < -0.4 is 11.2 Å². The summed E-state index contributed by atoms with van der Waals surface area (Å²) in [6, 6.07) is 4.45. The number of nitrogens with zero attached hydrogens (tertiary/aromatic N) is 3. The van der Waals surface area contributed by atoms with E-state index in [1.807, 2.05) is 0 Å². The third-order valence-corrected chi connectivity index (χ3v) is 5.41. The van der Waals surface area contributed by atoms with Crippen LogP contribution in [-0.4, -0.2) is 32.7 Å². The smallest absolute Gasteiger partial charge is 0.253 e. The summed E-state index contributed by atoms with van der Waals surface area (Å²) >= 11 is 5.66. The molecular weight excluding hydrogens is 441 g/mol. The van der Waals surface area contributed by atoms with Gasteiger partial charge in [-0.1, -0.05) is 6.07 Å². The van der Waals surface area contributed by atoms with E-state index in [0.29, 0.717) is 38.8 Å². The number of hydrogen-bond acceptors (Lipinski definition) is 7. The van der Waals surface area contributed by atoms with E-state index in [-0.39, 0.29) is 24.1 Å². The molecule has 2 heterocycles. The monoisotopic (exact) mass is 451 g/mol. The number of rotatable bonds is 5. The molecule has 1 aliphatic heterocycles. The van der Waals surface area contributed by atoms with E-state index >= 15 is 0 Å². The van der Waals surface area contributed by atoms with Crippen LogP contribution in [0.5, 0.6) is 0 Å². The Kier molecular flexibility index (Phi) is 6.70. The highest BCUT2D eigenvalue weighted by atomic mass is 79.9. The topological polar surface area (TPSA) is 93.3 Å². The minimum absolute atomic E-state index is 0. The standard InChI is InChI=1S/C13H11BrFN5OS2.ClH/c14-7-5-6(1-2-8(7)15)9-10(17-18-12(9)21)11-13(20-23-19-11)22-4-3-16;/h1-2,5,9H,3-4,16H2,(H,18,21);1H. The van der Waals surface area contributed by atoms with E-state index in [2.05, 4.69) is 35.2 Å². The van der Waals surface area contributed by atoms with Crippen molar-refractivity contribution in [1.29, 1.82) is 0 Å². The van der Waals surface area contributed by atoms with E-state index < -0.39 is 5.92 Å². The van der Waals surface area contributed by atoms with Gasteiger partial charge in [-0.25, -0.2) is 9.82 Å². The first-order valence-electron chi connectivity index (χ1n) is 6.60. The Morgan fingerprint density at radius 3 is 2.92 bits per heavy atom. The van der Waals surface area contributed by atoms with Gasteiger partial charge in [0, 0.05) is 12.3 Å². The fraction of sp³-hybridized carbons (Fsp3) is 0.231. The highest BCUT2D eigenvalue weighted by molar-refractivity contribution is 9.10. The Labute approximate surface area is 160 Å². The first-order chi connectivity index (χ1) is 11.1. The normalized spacial score (nSPS) is 16.5. The van der Waals surface area contributed by atoms with Crippen molar-refractivity contribution in [3.8, 4) is 0 Å². The molecule has 0 aliphatic carbocycles. The van der Waals surface area contributed by atoms with Crippen LogP contribution in [0.15, 0.2) is 32.8 Å². The molecule has 0 bridgehead atoms. The summed E-state index contributed by atoms with van der Waals surface area (Å²) in [6.07, 6.45) is 0. The number of nitrogens with one attached hydrogen (secondary N) is 1. The Hall–Kier alpha value is -1.07. The lowest BCUT2D eigenvalue weighted by Gasteiger charge is -2.11. The van der Waals surface area contributed by atoms with Crippen molar-refractivity contribution in [3.63, 3.8) is 0 Å². The van der Waals surface area contributed by atoms with Gasteiger partial charge in [-0.3, -0.25) is 4.79 Å². The summed E-state index contributed by atoms with van der Waals surface area (Å²) in [5.74, 6) is -0.616. The Morgan fingerprint density at radius 2 is 2.21 bits per heavy atom. The number of benzene rings is 1. The second kappa shape index (κ2) is 8.34. The maximum Gasteiger partial charge on any atom is 0.253 e. The van der Waals surface area contributed by atoms with Crippen molar-refractivity contribution in [3.05, 3.63) is 39.7 Å². The van der Waals surface area contributed by atoms with Gasteiger partial charge >= 0.3 is 0 Å². The average Bonchev–Trinajstić information content (AvgIpc) is 3.14. The zero-order valence-corrected chi connectivity index (χ0v) is 16.1. The molecule has 0 saturated heterocycles. The molecule has 3 rings (SSSR count). The van der Waals surface area contributed by atoms with E-state index in [0.717, 1.165) is 11.7 Å². The van der Waals surface area contributed by atoms with Gasteiger partial charge in [0.2, 0.25) is 0 Å². The van der Waals surface area contributed by atoms with Gasteiger partial charge < -0.3 is 5.73 Å². The zero-order valence-electron chi connectivity index (χ0n) is 12.0. The first-order valence-corrected chi connectivity index (χ1v) is 9.11. The van der Waals surface area contributed by atoms with Gasteiger partial charge in [-0.05, 0) is 33.6 Å². The van der Waals surface area contributed by atoms with Gasteiger partial charge in [0.1, 0.15) is 28.2 Å². The van der Waals surface area contributed by atoms with Gasteiger partial charge in [0.05, 0.1) is 16.2 Å². The van der Waals surface area contributed by atoms with Crippen molar-refractivity contribution in [2.24, 2.45) is 10.8 Å². The molecule has 0 spiro atoms. The van der Waals surface area contributed by atoms with Crippen molar-refractivity contribution >= 4 is 63.4 Å². The van der Waals surface area contributed by atoms with Crippen LogP contribution in [0.4, 0.5) is 4.39 Å². The largest absolute Gasteiger partial charge is 0.330 e. The summed E-state index contributed by atoms with van der Waals surface area (Å²) in [5.41, 5.74) is 9.67. The maximum absolute atomic E-state index is 13.4. The molecule has 1 atom stereocenters. The van der Waals surface area contributed by atoms with Gasteiger partial charge in [-0.15, -0.1) is 24.2 Å². The molecule has 3 N–H and O–H groups in total. The van der Waals surface area contributed by atoms with Crippen molar-refractivity contribution in [2.75, 3.05) is 12.3 Å². The molecule has 1 amide bonds. The van der Waals surface area contributed by atoms with Gasteiger partial charge in [-0.2, -0.15) is 13.8 Å². The Balaban J connectivity index is 0.00000208. The molecule has 1 aromatic carbocycles. The first kappa shape index (κ1) is 19.3. The molecule has 2 aromatic rings. The third-order valence-electron chi connectivity index (χ3n) is 3.16. The van der Waals surface area contributed by atoms with E-state index in [9.17, 15) is 9.18 Å². The van der Waals surface area contributed by atoms with Crippen molar-refractivity contribution < 1.29 is 9.18 Å². The van der Waals surface area contributed by atoms with Crippen LogP contribution in [-0.2, 0) is 4.79 Å². The number of thioether (sulfide) groups is 1. The summed E-state index contributed by atoms with van der Waals surface area (Å²) in [4.78, 5) is 12.2. The quantitative estimate of drug-likeness (QED) is 0.680. The number of aromatic nitrogens is 2. The number of nitrogens with two attached hydrogens (primary N) is 1. The molecule has 128 valence electrons. The molecule has 1 unspecified atom stereocenters. The lowest BCUT2D eigenvalue weighted by molar-refractivity contribution is -0.120. The van der Waals surface area contributed by atoms with E-state index in [4.69, 9.17) is 5.73 Å².